The second kappa shape index (κ2) is 7.45. The van der Waals surface area contributed by atoms with Crippen molar-refractivity contribution in [3.63, 3.8) is 0 Å². The molecule has 0 fully saturated rings. The monoisotopic (exact) mass is 284 g/mol. The third-order valence-electron chi connectivity index (χ3n) is 3.26. The van der Waals surface area contributed by atoms with Gasteiger partial charge in [-0.15, -0.1) is 0 Å². The molecule has 0 aliphatic rings. The highest BCUT2D eigenvalue weighted by Crippen LogP contribution is 2.13. The van der Waals surface area contributed by atoms with Crippen LogP contribution in [0.3, 0.4) is 0 Å². The number of methoxy groups -OCH3 is 1. The molecule has 0 spiro atoms. The second-order valence-corrected chi connectivity index (χ2v) is 4.73. The Bertz CT molecular complexity index is 611. The molecule has 1 amide bonds. The van der Waals surface area contributed by atoms with Gasteiger partial charge < -0.3 is 15.8 Å². The van der Waals surface area contributed by atoms with Gasteiger partial charge in [-0.05, 0) is 42.3 Å². The maximum atomic E-state index is 12.3. The van der Waals surface area contributed by atoms with E-state index in [-0.39, 0.29) is 5.91 Å². The van der Waals surface area contributed by atoms with Gasteiger partial charge in [0.25, 0.3) is 5.91 Å². The van der Waals surface area contributed by atoms with Crippen molar-refractivity contribution in [2.45, 2.75) is 13.0 Å². The first-order valence-electron chi connectivity index (χ1n) is 6.93. The molecule has 0 saturated carbocycles. The van der Waals surface area contributed by atoms with E-state index in [1.54, 1.807) is 7.11 Å². The number of benzene rings is 2. The quantitative estimate of drug-likeness (QED) is 0.854. The van der Waals surface area contributed by atoms with Crippen LogP contribution in [-0.2, 0) is 13.0 Å². The van der Waals surface area contributed by atoms with Gasteiger partial charge in [-0.3, -0.25) is 4.79 Å². The van der Waals surface area contributed by atoms with Gasteiger partial charge >= 0.3 is 0 Å². The van der Waals surface area contributed by atoms with Crippen molar-refractivity contribution in [3.8, 4) is 5.75 Å². The third-order valence-corrected chi connectivity index (χ3v) is 3.26. The Labute approximate surface area is 124 Å². The lowest BCUT2D eigenvalue weighted by molar-refractivity contribution is 0.0950. The summed E-state index contributed by atoms with van der Waals surface area (Å²) < 4.78 is 5.17. The lowest BCUT2D eigenvalue weighted by Gasteiger charge is -2.10. The van der Waals surface area contributed by atoms with E-state index >= 15 is 0 Å². The van der Waals surface area contributed by atoms with Crippen LogP contribution in [0, 0.1) is 0 Å². The van der Waals surface area contributed by atoms with Gasteiger partial charge in [0.1, 0.15) is 5.75 Å². The van der Waals surface area contributed by atoms with Crippen LogP contribution in [-0.4, -0.2) is 19.6 Å². The molecule has 0 radical (unpaired) electrons. The van der Waals surface area contributed by atoms with Gasteiger partial charge in [-0.25, -0.2) is 0 Å². The highest BCUT2D eigenvalue weighted by molar-refractivity contribution is 5.95. The Morgan fingerprint density at radius 3 is 2.76 bits per heavy atom. The van der Waals surface area contributed by atoms with Crippen molar-refractivity contribution < 1.29 is 9.53 Å². The van der Waals surface area contributed by atoms with Gasteiger partial charge in [0.05, 0.1) is 7.11 Å². The number of amides is 1. The molecule has 3 N–H and O–H groups in total. The number of ether oxygens (including phenoxy) is 1. The summed E-state index contributed by atoms with van der Waals surface area (Å²) in [7, 11) is 1.63. The van der Waals surface area contributed by atoms with E-state index in [1.807, 2.05) is 48.5 Å². The largest absolute Gasteiger partial charge is 0.497 e. The first-order chi connectivity index (χ1) is 10.2. The van der Waals surface area contributed by atoms with E-state index in [1.165, 1.54) is 0 Å². The molecule has 2 aromatic rings. The summed E-state index contributed by atoms with van der Waals surface area (Å²) in [5, 5.41) is 2.93. The summed E-state index contributed by atoms with van der Waals surface area (Å²) in [6.07, 6.45) is 0.697. The van der Waals surface area contributed by atoms with E-state index in [0.29, 0.717) is 25.1 Å². The highest BCUT2D eigenvalue weighted by atomic mass is 16.5. The molecule has 0 unspecified atom stereocenters. The average Bonchev–Trinajstić information content (AvgIpc) is 2.53. The van der Waals surface area contributed by atoms with Crippen LogP contribution in [0.25, 0.3) is 0 Å². The first kappa shape index (κ1) is 15.1. The van der Waals surface area contributed by atoms with Crippen LogP contribution < -0.4 is 15.8 Å². The van der Waals surface area contributed by atoms with Gasteiger partial charge in [-0.1, -0.05) is 30.3 Å². The molecule has 0 aromatic heterocycles. The van der Waals surface area contributed by atoms with Crippen molar-refractivity contribution in [2.75, 3.05) is 13.7 Å². The van der Waals surface area contributed by atoms with Crippen LogP contribution >= 0.6 is 0 Å². The number of carbonyl (C=O) groups is 1. The fraction of sp³-hybridized carbons (Fsp3) is 0.235. The number of nitrogens with one attached hydrogen (secondary N) is 1. The lowest BCUT2D eigenvalue weighted by Crippen LogP contribution is -2.24. The molecule has 0 aliphatic heterocycles. The zero-order valence-corrected chi connectivity index (χ0v) is 12.1. The predicted molar refractivity (Wildman–Crippen MR) is 83.4 cm³/mol. The highest BCUT2D eigenvalue weighted by Gasteiger charge is 2.10. The van der Waals surface area contributed by atoms with Crippen LogP contribution in [0.1, 0.15) is 21.5 Å². The maximum Gasteiger partial charge on any atom is 0.251 e. The lowest BCUT2D eigenvalue weighted by atomic mass is 10.0. The number of hydrogen-bond donors (Lipinski definition) is 2. The van der Waals surface area contributed by atoms with Crippen molar-refractivity contribution >= 4 is 5.91 Å². The smallest absolute Gasteiger partial charge is 0.251 e. The molecule has 4 nitrogen and oxygen atoms in total. The second-order valence-electron chi connectivity index (χ2n) is 4.73. The molecule has 2 aromatic carbocycles. The molecule has 0 saturated heterocycles. The van der Waals surface area contributed by atoms with Gasteiger partial charge in [0.15, 0.2) is 0 Å². The number of carbonyl (C=O) groups excluding carboxylic acids is 1. The number of hydrogen-bond acceptors (Lipinski definition) is 3. The Balaban J connectivity index is 2.04. The topological polar surface area (TPSA) is 64.3 Å². The summed E-state index contributed by atoms with van der Waals surface area (Å²) in [4.78, 5) is 12.3. The average molecular weight is 284 g/mol. The summed E-state index contributed by atoms with van der Waals surface area (Å²) in [6, 6.07) is 15.2. The molecule has 110 valence electrons. The van der Waals surface area contributed by atoms with Crippen molar-refractivity contribution in [1.29, 1.82) is 0 Å². The summed E-state index contributed by atoms with van der Waals surface area (Å²) in [5.74, 6) is 0.701. The SMILES string of the molecule is COc1cccc(CNC(=O)c2ccccc2CCN)c1. The van der Waals surface area contributed by atoms with E-state index in [2.05, 4.69) is 5.32 Å². The van der Waals surface area contributed by atoms with E-state index in [9.17, 15) is 4.79 Å². The summed E-state index contributed by atoms with van der Waals surface area (Å²) in [6.45, 7) is 0.993. The van der Waals surface area contributed by atoms with Crippen LogP contribution in [0.4, 0.5) is 0 Å². The Morgan fingerprint density at radius 2 is 2.00 bits per heavy atom. The van der Waals surface area contributed by atoms with Crippen molar-refractivity contribution in [1.82, 2.24) is 5.32 Å². The first-order valence-corrected chi connectivity index (χ1v) is 6.93. The van der Waals surface area contributed by atoms with Crippen LogP contribution in [0.2, 0.25) is 0 Å². The van der Waals surface area contributed by atoms with Crippen molar-refractivity contribution in [3.05, 3.63) is 65.2 Å². The van der Waals surface area contributed by atoms with E-state index < -0.39 is 0 Å². The van der Waals surface area contributed by atoms with Gasteiger partial charge in [-0.2, -0.15) is 0 Å². The van der Waals surface area contributed by atoms with Gasteiger partial charge in [0, 0.05) is 12.1 Å². The number of nitrogens with two attached hydrogens (primary N) is 1. The molecule has 2 rings (SSSR count). The predicted octanol–water partition coefficient (Wildman–Crippen LogP) is 2.13. The third kappa shape index (κ3) is 4.07. The van der Waals surface area contributed by atoms with Crippen LogP contribution in [0.5, 0.6) is 5.75 Å². The minimum absolute atomic E-state index is 0.0816. The molecule has 0 aliphatic carbocycles. The zero-order valence-electron chi connectivity index (χ0n) is 12.1. The van der Waals surface area contributed by atoms with Gasteiger partial charge in [0.2, 0.25) is 0 Å². The molecular formula is C17H20N2O2. The molecule has 0 heterocycles. The fourth-order valence-corrected chi connectivity index (χ4v) is 2.18. The fourth-order valence-electron chi connectivity index (χ4n) is 2.18. The number of rotatable bonds is 6. The van der Waals surface area contributed by atoms with E-state index in [0.717, 1.165) is 16.9 Å². The summed E-state index contributed by atoms with van der Waals surface area (Å²) in [5.41, 5.74) is 8.24. The minimum Gasteiger partial charge on any atom is -0.497 e. The zero-order chi connectivity index (χ0) is 15.1. The molecule has 0 bridgehead atoms. The normalized spacial score (nSPS) is 10.2. The molecule has 4 heteroatoms. The standard InChI is InChI=1S/C17H20N2O2/c1-21-15-7-4-5-13(11-15)12-19-17(20)16-8-3-2-6-14(16)9-10-18/h2-8,11H,9-10,12,18H2,1H3,(H,19,20). The Hall–Kier alpha value is -2.33. The maximum absolute atomic E-state index is 12.3. The Kier molecular flexibility index (Phi) is 5.35. The molecule has 0 atom stereocenters. The molecule has 21 heavy (non-hydrogen) atoms. The summed E-state index contributed by atoms with van der Waals surface area (Å²) >= 11 is 0. The van der Waals surface area contributed by atoms with Crippen molar-refractivity contribution in [2.24, 2.45) is 5.73 Å². The Morgan fingerprint density at radius 1 is 1.19 bits per heavy atom. The van der Waals surface area contributed by atoms with Crippen LogP contribution in [0.15, 0.2) is 48.5 Å². The molecular weight excluding hydrogens is 264 g/mol. The minimum atomic E-state index is -0.0816. The van der Waals surface area contributed by atoms with E-state index in [4.69, 9.17) is 10.5 Å².